The second-order valence-electron chi connectivity index (χ2n) is 6.44. The Hall–Kier alpha value is -3.60. The van der Waals surface area contributed by atoms with Crippen LogP contribution in [0, 0.1) is 0 Å². The van der Waals surface area contributed by atoms with Gasteiger partial charge in [0.25, 0.3) is 0 Å². The first kappa shape index (κ1) is 20.1. The van der Waals surface area contributed by atoms with E-state index in [-0.39, 0.29) is 12.4 Å². The molecule has 0 fully saturated rings. The van der Waals surface area contributed by atoms with Gasteiger partial charge in [-0.25, -0.2) is 4.79 Å². The Kier molecular flexibility index (Phi) is 7.00. The summed E-state index contributed by atoms with van der Waals surface area (Å²) in [5.41, 5.74) is 2.77. The van der Waals surface area contributed by atoms with E-state index in [2.05, 4.69) is 17.4 Å². The Morgan fingerprint density at radius 1 is 0.862 bits per heavy atom. The minimum absolute atomic E-state index is 0.268. The summed E-state index contributed by atoms with van der Waals surface area (Å²) in [5, 5.41) is 3.27. The van der Waals surface area contributed by atoms with E-state index in [4.69, 9.17) is 9.47 Å². The van der Waals surface area contributed by atoms with Crippen molar-refractivity contribution in [2.45, 2.75) is 6.42 Å². The van der Waals surface area contributed by atoms with Crippen molar-refractivity contribution < 1.29 is 19.1 Å². The van der Waals surface area contributed by atoms with E-state index in [9.17, 15) is 9.59 Å². The van der Waals surface area contributed by atoms with Crippen LogP contribution in [0.15, 0.2) is 78.9 Å². The van der Waals surface area contributed by atoms with Crippen LogP contribution in [-0.2, 0) is 11.2 Å². The van der Waals surface area contributed by atoms with Gasteiger partial charge >= 0.3 is 5.97 Å². The summed E-state index contributed by atoms with van der Waals surface area (Å²) in [6.07, 6.45) is 0.834. The predicted octanol–water partition coefficient (Wildman–Crippen LogP) is 4.39. The van der Waals surface area contributed by atoms with Crippen molar-refractivity contribution in [3.8, 4) is 5.75 Å². The molecule has 0 unspecified atom stereocenters. The van der Waals surface area contributed by atoms with Gasteiger partial charge in [-0.3, -0.25) is 4.79 Å². The van der Waals surface area contributed by atoms with Crippen molar-refractivity contribution in [1.82, 2.24) is 0 Å². The van der Waals surface area contributed by atoms with Gasteiger partial charge < -0.3 is 14.8 Å². The topological polar surface area (TPSA) is 64.6 Å². The lowest BCUT2D eigenvalue weighted by atomic mass is 10.1. The molecule has 5 nitrogen and oxygen atoms in total. The average Bonchev–Trinajstić information content (AvgIpc) is 2.78. The van der Waals surface area contributed by atoms with Crippen molar-refractivity contribution in [1.29, 1.82) is 0 Å². The van der Waals surface area contributed by atoms with E-state index >= 15 is 0 Å². The summed E-state index contributed by atoms with van der Waals surface area (Å²) in [4.78, 5) is 24.8. The Bertz CT molecular complexity index is 952. The molecule has 0 aliphatic carbocycles. The molecule has 0 saturated heterocycles. The lowest BCUT2D eigenvalue weighted by molar-refractivity contribution is 0.0475. The molecule has 0 atom stereocenters. The number of carbonyl (C=O) groups is 2. The molecule has 0 bridgehead atoms. The molecule has 3 aromatic carbocycles. The number of hydrogen-bond donors (Lipinski definition) is 1. The number of anilines is 1. The van der Waals surface area contributed by atoms with Crippen LogP contribution in [-0.4, -0.2) is 32.0 Å². The van der Waals surface area contributed by atoms with Gasteiger partial charge in [0.15, 0.2) is 12.4 Å². The van der Waals surface area contributed by atoms with Gasteiger partial charge in [-0.15, -0.1) is 0 Å². The number of benzene rings is 3. The number of carbonyl (C=O) groups excluding carboxylic acids is 2. The molecule has 0 saturated carbocycles. The Labute approximate surface area is 170 Å². The summed E-state index contributed by atoms with van der Waals surface area (Å²) in [6.45, 7) is 0.364. The fraction of sp³-hybridized carbons (Fsp3) is 0.167. The van der Waals surface area contributed by atoms with E-state index in [1.807, 2.05) is 30.3 Å². The Morgan fingerprint density at radius 3 is 2.28 bits per heavy atom. The number of methoxy groups -OCH3 is 1. The maximum atomic E-state index is 12.5. The van der Waals surface area contributed by atoms with Gasteiger partial charge in [0.2, 0.25) is 0 Å². The molecule has 0 aliphatic rings. The van der Waals surface area contributed by atoms with E-state index in [0.29, 0.717) is 29.1 Å². The van der Waals surface area contributed by atoms with Gasteiger partial charge in [-0.1, -0.05) is 42.5 Å². The number of esters is 1. The molecule has 0 heterocycles. The highest BCUT2D eigenvalue weighted by molar-refractivity contribution is 6.00. The lowest BCUT2D eigenvalue weighted by Crippen LogP contribution is -2.16. The summed E-state index contributed by atoms with van der Waals surface area (Å²) in [6, 6.07) is 23.9. The molecule has 1 N–H and O–H groups in total. The highest BCUT2D eigenvalue weighted by atomic mass is 16.5. The van der Waals surface area contributed by atoms with Crippen molar-refractivity contribution in [2.75, 3.05) is 25.6 Å². The van der Waals surface area contributed by atoms with E-state index < -0.39 is 5.97 Å². The standard InChI is InChI=1S/C24H23NO4/c1-28-20-13-11-19(12-14-20)23(26)17-29-24(27)21-9-5-6-10-22(21)25-16-15-18-7-3-2-4-8-18/h2-14,25H,15-17H2,1H3. The van der Waals surface area contributed by atoms with Crippen molar-refractivity contribution in [3.63, 3.8) is 0 Å². The molecule has 5 heteroatoms. The summed E-state index contributed by atoms with van der Waals surface area (Å²) < 4.78 is 10.3. The monoisotopic (exact) mass is 389 g/mol. The number of rotatable bonds is 9. The second kappa shape index (κ2) is 10.1. The minimum atomic E-state index is -0.533. The summed E-state index contributed by atoms with van der Waals surface area (Å²) in [7, 11) is 1.56. The van der Waals surface area contributed by atoms with E-state index in [1.165, 1.54) is 5.56 Å². The normalized spacial score (nSPS) is 10.2. The van der Waals surface area contributed by atoms with Gasteiger partial charge in [0, 0.05) is 17.8 Å². The molecular weight excluding hydrogens is 366 g/mol. The number of ketones is 1. The lowest BCUT2D eigenvalue weighted by Gasteiger charge is -2.12. The summed E-state index contributed by atoms with van der Waals surface area (Å²) >= 11 is 0. The van der Waals surface area contributed by atoms with Crippen LogP contribution in [0.1, 0.15) is 26.3 Å². The zero-order chi connectivity index (χ0) is 20.5. The molecular formula is C24H23NO4. The number of nitrogens with one attached hydrogen (secondary N) is 1. The van der Waals surface area contributed by atoms with Crippen molar-refractivity contribution in [3.05, 3.63) is 95.6 Å². The fourth-order valence-electron chi connectivity index (χ4n) is 2.87. The third kappa shape index (κ3) is 5.69. The summed E-state index contributed by atoms with van der Waals surface area (Å²) in [5.74, 6) is -0.140. The van der Waals surface area contributed by atoms with Crippen LogP contribution in [0.25, 0.3) is 0 Å². The second-order valence-corrected chi connectivity index (χ2v) is 6.44. The van der Waals surface area contributed by atoms with Crippen LogP contribution >= 0.6 is 0 Å². The zero-order valence-electron chi connectivity index (χ0n) is 16.3. The molecule has 148 valence electrons. The largest absolute Gasteiger partial charge is 0.497 e. The first-order valence-electron chi connectivity index (χ1n) is 9.38. The molecule has 3 rings (SSSR count). The highest BCUT2D eigenvalue weighted by Crippen LogP contribution is 2.17. The number of para-hydroxylation sites is 1. The first-order chi connectivity index (χ1) is 14.2. The highest BCUT2D eigenvalue weighted by Gasteiger charge is 2.15. The zero-order valence-corrected chi connectivity index (χ0v) is 16.3. The van der Waals surface area contributed by atoms with Crippen molar-refractivity contribution >= 4 is 17.4 Å². The van der Waals surface area contributed by atoms with Gasteiger partial charge in [-0.2, -0.15) is 0 Å². The van der Waals surface area contributed by atoms with Crippen molar-refractivity contribution in [2.24, 2.45) is 0 Å². The molecule has 0 radical (unpaired) electrons. The fourth-order valence-corrected chi connectivity index (χ4v) is 2.87. The van der Waals surface area contributed by atoms with E-state index in [0.717, 1.165) is 6.42 Å². The quantitative estimate of drug-likeness (QED) is 0.434. The average molecular weight is 389 g/mol. The maximum Gasteiger partial charge on any atom is 0.340 e. The third-order valence-electron chi connectivity index (χ3n) is 4.47. The molecule has 3 aromatic rings. The van der Waals surface area contributed by atoms with Crippen LogP contribution < -0.4 is 10.1 Å². The van der Waals surface area contributed by atoms with Gasteiger partial charge in [-0.05, 0) is 48.4 Å². The predicted molar refractivity (Wildman–Crippen MR) is 113 cm³/mol. The Balaban J connectivity index is 1.56. The van der Waals surface area contributed by atoms with Crippen LogP contribution in [0.2, 0.25) is 0 Å². The first-order valence-corrected chi connectivity index (χ1v) is 9.38. The maximum absolute atomic E-state index is 12.5. The smallest absolute Gasteiger partial charge is 0.340 e. The minimum Gasteiger partial charge on any atom is -0.497 e. The van der Waals surface area contributed by atoms with Crippen LogP contribution in [0.5, 0.6) is 5.75 Å². The number of ether oxygens (including phenoxy) is 2. The van der Waals surface area contributed by atoms with Crippen LogP contribution in [0.4, 0.5) is 5.69 Å². The molecule has 0 spiro atoms. The molecule has 29 heavy (non-hydrogen) atoms. The van der Waals surface area contributed by atoms with Crippen LogP contribution in [0.3, 0.4) is 0 Å². The molecule has 0 aliphatic heterocycles. The van der Waals surface area contributed by atoms with Gasteiger partial charge in [0.1, 0.15) is 5.75 Å². The number of hydrogen-bond acceptors (Lipinski definition) is 5. The Morgan fingerprint density at radius 2 is 1.55 bits per heavy atom. The third-order valence-corrected chi connectivity index (χ3v) is 4.47. The van der Waals surface area contributed by atoms with E-state index in [1.54, 1.807) is 43.5 Å². The molecule has 0 aromatic heterocycles. The van der Waals surface area contributed by atoms with Gasteiger partial charge in [0.05, 0.1) is 12.7 Å². The number of Topliss-reactive ketones (excluding diaryl/α,β-unsaturated/α-hetero) is 1. The SMILES string of the molecule is COc1ccc(C(=O)COC(=O)c2ccccc2NCCc2ccccc2)cc1. The molecule has 0 amide bonds.